The lowest BCUT2D eigenvalue weighted by molar-refractivity contribution is 0.414. The molecule has 0 bridgehead atoms. The van der Waals surface area contributed by atoms with Crippen LogP contribution in [0.4, 0.5) is 0 Å². The zero-order chi connectivity index (χ0) is 13.1. The molecule has 0 saturated carbocycles. The van der Waals surface area contributed by atoms with Crippen molar-refractivity contribution in [1.29, 1.82) is 0 Å². The highest BCUT2D eigenvalue weighted by Gasteiger charge is 2.10. The molecule has 0 unspecified atom stereocenters. The average Bonchev–Trinajstić information content (AvgIpc) is 2.67. The van der Waals surface area contributed by atoms with Gasteiger partial charge in [-0.2, -0.15) is 5.10 Å². The molecule has 96 valence electrons. The molecule has 0 amide bonds. The van der Waals surface area contributed by atoms with Crippen molar-refractivity contribution >= 4 is 15.9 Å². The van der Waals surface area contributed by atoms with Crippen molar-refractivity contribution in [2.45, 2.75) is 26.8 Å². The van der Waals surface area contributed by atoms with Crippen LogP contribution in [-0.4, -0.2) is 16.9 Å². The van der Waals surface area contributed by atoms with E-state index < -0.39 is 0 Å². The number of hydrogen-bond acceptors (Lipinski definition) is 2. The smallest absolute Gasteiger partial charge is 0.118 e. The first-order chi connectivity index (χ1) is 8.65. The summed E-state index contributed by atoms with van der Waals surface area (Å²) in [5.74, 6) is 0.881. The summed E-state index contributed by atoms with van der Waals surface area (Å²) in [5.41, 5.74) is 3.50. The van der Waals surface area contributed by atoms with E-state index in [9.17, 15) is 0 Å². The summed E-state index contributed by atoms with van der Waals surface area (Å²) in [4.78, 5) is 0. The first kappa shape index (κ1) is 13.1. The van der Waals surface area contributed by atoms with Crippen LogP contribution in [0.5, 0.6) is 5.75 Å². The van der Waals surface area contributed by atoms with Crippen molar-refractivity contribution in [3.63, 3.8) is 0 Å². The maximum Gasteiger partial charge on any atom is 0.118 e. The van der Waals surface area contributed by atoms with Crippen molar-refractivity contribution in [3.8, 4) is 5.75 Å². The molecule has 4 heteroatoms. The lowest BCUT2D eigenvalue weighted by atomic mass is 10.2. The Morgan fingerprint density at radius 2 is 1.94 bits per heavy atom. The third-order valence-electron chi connectivity index (χ3n) is 3.03. The van der Waals surface area contributed by atoms with Crippen molar-refractivity contribution in [2.75, 3.05) is 7.11 Å². The van der Waals surface area contributed by atoms with E-state index in [1.807, 2.05) is 16.8 Å². The van der Waals surface area contributed by atoms with Crippen LogP contribution in [0.2, 0.25) is 0 Å². The third kappa shape index (κ3) is 2.58. The van der Waals surface area contributed by atoms with Crippen LogP contribution in [0.15, 0.2) is 28.7 Å². The van der Waals surface area contributed by atoms with Gasteiger partial charge in [-0.1, -0.05) is 19.1 Å². The van der Waals surface area contributed by atoms with Gasteiger partial charge in [-0.25, -0.2) is 0 Å². The van der Waals surface area contributed by atoms with Crippen molar-refractivity contribution < 1.29 is 4.74 Å². The number of halogens is 1. The summed E-state index contributed by atoms with van der Waals surface area (Å²) in [7, 11) is 1.68. The van der Waals surface area contributed by atoms with E-state index in [4.69, 9.17) is 4.74 Å². The highest BCUT2D eigenvalue weighted by molar-refractivity contribution is 9.10. The van der Waals surface area contributed by atoms with E-state index in [0.717, 1.165) is 28.9 Å². The summed E-state index contributed by atoms with van der Waals surface area (Å²) < 4.78 is 8.31. The van der Waals surface area contributed by atoms with Gasteiger partial charge < -0.3 is 4.74 Å². The monoisotopic (exact) mass is 308 g/mol. The van der Waals surface area contributed by atoms with Gasteiger partial charge in [-0.3, -0.25) is 4.68 Å². The molecule has 0 fully saturated rings. The minimum Gasteiger partial charge on any atom is -0.497 e. The molecule has 0 aliphatic carbocycles. The predicted molar refractivity (Wildman–Crippen MR) is 76.1 cm³/mol. The van der Waals surface area contributed by atoms with Gasteiger partial charge in [0.25, 0.3) is 0 Å². The number of methoxy groups -OCH3 is 1. The quantitative estimate of drug-likeness (QED) is 0.863. The Bertz CT molecular complexity index is 531. The molecular formula is C14H17BrN2O. The number of ether oxygens (including phenoxy) is 1. The fraction of sp³-hybridized carbons (Fsp3) is 0.357. The summed E-state index contributed by atoms with van der Waals surface area (Å²) in [6, 6.07) is 8.09. The van der Waals surface area contributed by atoms with Gasteiger partial charge in [-0.15, -0.1) is 0 Å². The second kappa shape index (κ2) is 5.57. The van der Waals surface area contributed by atoms with Gasteiger partial charge in [0.1, 0.15) is 5.75 Å². The molecule has 0 aliphatic heterocycles. The molecule has 18 heavy (non-hydrogen) atoms. The SMILES string of the molecule is CCc1nn(Cc2ccc(OC)cc2)c(C)c1Br. The Hall–Kier alpha value is -1.29. The van der Waals surface area contributed by atoms with Gasteiger partial charge in [-0.05, 0) is 47.0 Å². The summed E-state index contributed by atoms with van der Waals surface area (Å²) >= 11 is 3.59. The standard InChI is InChI=1S/C14H17BrN2O/c1-4-13-14(15)10(2)17(16-13)9-11-5-7-12(18-3)8-6-11/h5-8H,4,9H2,1-3H3. The maximum atomic E-state index is 5.15. The van der Waals surface area contributed by atoms with E-state index in [1.54, 1.807) is 7.11 Å². The van der Waals surface area contributed by atoms with Crippen molar-refractivity contribution in [1.82, 2.24) is 9.78 Å². The fourth-order valence-corrected chi connectivity index (χ4v) is 2.43. The topological polar surface area (TPSA) is 27.1 Å². The van der Waals surface area contributed by atoms with Crippen LogP contribution in [0.1, 0.15) is 23.9 Å². The molecule has 0 spiro atoms. The minimum atomic E-state index is 0.786. The molecule has 0 atom stereocenters. The molecule has 2 aromatic rings. The molecule has 1 aromatic carbocycles. The number of aryl methyl sites for hydroxylation is 1. The molecular weight excluding hydrogens is 292 g/mol. The van der Waals surface area contributed by atoms with E-state index in [-0.39, 0.29) is 0 Å². The summed E-state index contributed by atoms with van der Waals surface area (Å²) in [5, 5.41) is 4.60. The Balaban J connectivity index is 2.22. The summed E-state index contributed by atoms with van der Waals surface area (Å²) in [6.07, 6.45) is 0.942. The highest BCUT2D eigenvalue weighted by Crippen LogP contribution is 2.22. The second-order valence-electron chi connectivity index (χ2n) is 4.21. The Morgan fingerprint density at radius 1 is 1.28 bits per heavy atom. The maximum absolute atomic E-state index is 5.15. The molecule has 1 aromatic heterocycles. The summed E-state index contributed by atoms with van der Waals surface area (Å²) in [6.45, 7) is 4.98. The number of benzene rings is 1. The van der Waals surface area contributed by atoms with Crippen LogP contribution < -0.4 is 4.74 Å². The fourth-order valence-electron chi connectivity index (χ4n) is 1.87. The molecule has 0 N–H and O–H groups in total. The lowest BCUT2D eigenvalue weighted by Crippen LogP contribution is -2.04. The van der Waals surface area contributed by atoms with E-state index in [1.165, 1.54) is 11.3 Å². The van der Waals surface area contributed by atoms with Crippen LogP contribution in [-0.2, 0) is 13.0 Å². The Labute approximate surface area is 116 Å². The van der Waals surface area contributed by atoms with E-state index in [0.29, 0.717) is 0 Å². The number of nitrogens with zero attached hydrogens (tertiary/aromatic N) is 2. The molecule has 3 nitrogen and oxygen atoms in total. The zero-order valence-electron chi connectivity index (χ0n) is 10.9. The largest absolute Gasteiger partial charge is 0.497 e. The highest BCUT2D eigenvalue weighted by atomic mass is 79.9. The Kier molecular flexibility index (Phi) is 4.07. The van der Waals surface area contributed by atoms with Gasteiger partial charge >= 0.3 is 0 Å². The molecule has 0 aliphatic rings. The first-order valence-corrected chi connectivity index (χ1v) is 6.79. The van der Waals surface area contributed by atoms with Crippen LogP contribution in [0, 0.1) is 6.92 Å². The van der Waals surface area contributed by atoms with E-state index in [2.05, 4.69) is 47.0 Å². The number of aromatic nitrogens is 2. The van der Waals surface area contributed by atoms with Gasteiger partial charge in [0, 0.05) is 0 Å². The third-order valence-corrected chi connectivity index (χ3v) is 4.06. The van der Waals surface area contributed by atoms with E-state index >= 15 is 0 Å². The number of rotatable bonds is 4. The van der Waals surface area contributed by atoms with Crippen LogP contribution in [0.25, 0.3) is 0 Å². The van der Waals surface area contributed by atoms with Gasteiger partial charge in [0.05, 0.1) is 29.5 Å². The molecule has 2 rings (SSSR count). The van der Waals surface area contributed by atoms with Gasteiger partial charge in [0.2, 0.25) is 0 Å². The van der Waals surface area contributed by atoms with Crippen LogP contribution in [0.3, 0.4) is 0 Å². The second-order valence-corrected chi connectivity index (χ2v) is 5.00. The normalized spacial score (nSPS) is 10.7. The molecule has 0 saturated heterocycles. The predicted octanol–water partition coefficient (Wildman–Crippen LogP) is 3.57. The number of hydrogen-bond donors (Lipinski definition) is 0. The zero-order valence-corrected chi connectivity index (χ0v) is 12.5. The van der Waals surface area contributed by atoms with Crippen molar-refractivity contribution in [3.05, 3.63) is 45.7 Å². The Morgan fingerprint density at radius 3 is 2.44 bits per heavy atom. The minimum absolute atomic E-state index is 0.786. The first-order valence-electron chi connectivity index (χ1n) is 6.00. The molecule has 0 radical (unpaired) electrons. The average molecular weight is 309 g/mol. The van der Waals surface area contributed by atoms with Crippen LogP contribution >= 0.6 is 15.9 Å². The lowest BCUT2D eigenvalue weighted by Gasteiger charge is -2.06. The van der Waals surface area contributed by atoms with Crippen molar-refractivity contribution in [2.24, 2.45) is 0 Å². The van der Waals surface area contributed by atoms with Gasteiger partial charge in [0.15, 0.2) is 0 Å². The molecule has 1 heterocycles.